The summed E-state index contributed by atoms with van der Waals surface area (Å²) in [5.74, 6) is 1.23. The van der Waals surface area contributed by atoms with Crippen LogP contribution in [0.3, 0.4) is 0 Å². The second-order valence-electron chi connectivity index (χ2n) is 6.86. The highest BCUT2D eigenvalue weighted by Gasteiger charge is 2.10. The van der Waals surface area contributed by atoms with Gasteiger partial charge in [-0.1, -0.05) is 30.3 Å². The molecule has 5 nitrogen and oxygen atoms in total. The van der Waals surface area contributed by atoms with Crippen molar-refractivity contribution >= 4 is 16.8 Å². The van der Waals surface area contributed by atoms with Crippen LogP contribution in [-0.4, -0.2) is 25.1 Å². The second kappa shape index (κ2) is 8.66. The Morgan fingerprint density at radius 2 is 1.77 bits per heavy atom. The highest BCUT2D eigenvalue weighted by atomic mass is 16.5. The van der Waals surface area contributed by atoms with Gasteiger partial charge in [0.25, 0.3) is 5.91 Å². The van der Waals surface area contributed by atoms with Crippen LogP contribution in [0.5, 0.6) is 11.5 Å². The Balaban J connectivity index is 1.52. The van der Waals surface area contributed by atoms with E-state index in [1.165, 1.54) is 0 Å². The molecule has 1 heterocycles. The number of methoxy groups -OCH3 is 2. The van der Waals surface area contributed by atoms with E-state index in [1.54, 1.807) is 26.4 Å². The van der Waals surface area contributed by atoms with Crippen LogP contribution >= 0.6 is 0 Å². The van der Waals surface area contributed by atoms with Crippen LogP contribution in [0.1, 0.15) is 15.9 Å². The molecule has 0 aliphatic carbocycles. The number of para-hydroxylation sites is 1. The van der Waals surface area contributed by atoms with Gasteiger partial charge in [-0.3, -0.25) is 9.78 Å². The number of nitrogens with one attached hydrogen (secondary N) is 1. The summed E-state index contributed by atoms with van der Waals surface area (Å²) in [5.41, 5.74) is 4.33. The third kappa shape index (κ3) is 4.10. The monoisotopic (exact) mass is 398 g/mol. The van der Waals surface area contributed by atoms with Crippen molar-refractivity contribution in [3.63, 3.8) is 0 Å². The van der Waals surface area contributed by atoms with Crippen molar-refractivity contribution in [1.29, 1.82) is 0 Å². The molecule has 1 aromatic heterocycles. The molecule has 0 bridgehead atoms. The van der Waals surface area contributed by atoms with E-state index in [9.17, 15) is 4.79 Å². The van der Waals surface area contributed by atoms with Crippen LogP contribution in [-0.2, 0) is 6.54 Å². The lowest BCUT2D eigenvalue weighted by Crippen LogP contribution is -2.23. The lowest BCUT2D eigenvalue weighted by atomic mass is 10.0. The number of nitrogens with zero attached hydrogens (tertiary/aromatic N) is 1. The zero-order valence-electron chi connectivity index (χ0n) is 16.9. The summed E-state index contributed by atoms with van der Waals surface area (Å²) in [6.07, 6.45) is 1.83. The molecule has 0 unspecified atom stereocenters. The summed E-state index contributed by atoms with van der Waals surface area (Å²) in [5, 5.41) is 4.03. The molecule has 0 aliphatic rings. The number of rotatable bonds is 6. The fourth-order valence-electron chi connectivity index (χ4n) is 3.34. The maximum atomic E-state index is 12.7. The molecule has 30 heavy (non-hydrogen) atoms. The quantitative estimate of drug-likeness (QED) is 0.504. The topological polar surface area (TPSA) is 60.5 Å². The number of ether oxygens (including phenoxy) is 2. The number of hydrogen-bond acceptors (Lipinski definition) is 4. The number of fused-ring (bicyclic) bond motifs is 1. The Bertz CT molecular complexity index is 1200. The molecule has 1 amide bonds. The van der Waals surface area contributed by atoms with Gasteiger partial charge in [-0.2, -0.15) is 0 Å². The van der Waals surface area contributed by atoms with Crippen LogP contribution in [0.2, 0.25) is 0 Å². The van der Waals surface area contributed by atoms with Crippen molar-refractivity contribution < 1.29 is 14.3 Å². The van der Waals surface area contributed by atoms with E-state index in [2.05, 4.69) is 16.4 Å². The predicted octanol–water partition coefficient (Wildman–Crippen LogP) is 4.85. The van der Waals surface area contributed by atoms with Gasteiger partial charge < -0.3 is 14.8 Å². The minimum absolute atomic E-state index is 0.150. The average Bonchev–Trinajstić information content (AvgIpc) is 2.82. The third-order valence-electron chi connectivity index (χ3n) is 4.98. The summed E-state index contributed by atoms with van der Waals surface area (Å²) >= 11 is 0. The van der Waals surface area contributed by atoms with Crippen molar-refractivity contribution in [3.8, 4) is 22.6 Å². The molecule has 0 saturated carbocycles. The SMILES string of the molecule is COc1ccc(CNC(=O)c2cccc(-c3cnc4ccccc4c3)c2)c(OC)c1. The zero-order valence-corrected chi connectivity index (χ0v) is 16.9. The summed E-state index contributed by atoms with van der Waals surface area (Å²) in [4.78, 5) is 17.3. The van der Waals surface area contributed by atoms with Crippen molar-refractivity contribution in [3.05, 3.63) is 90.1 Å². The molecule has 3 aromatic carbocycles. The van der Waals surface area contributed by atoms with Crippen LogP contribution in [0.4, 0.5) is 0 Å². The second-order valence-corrected chi connectivity index (χ2v) is 6.86. The molecule has 4 rings (SSSR count). The number of aromatic nitrogens is 1. The summed E-state index contributed by atoms with van der Waals surface area (Å²) < 4.78 is 10.6. The van der Waals surface area contributed by atoms with Gasteiger partial charge in [-0.05, 0) is 42.0 Å². The molecule has 0 atom stereocenters. The van der Waals surface area contributed by atoms with E-state index < -0.39 is 0 Å². The Kier molecular flexibility index (Phi) is 5.61. The largest absolute Gasteiger partial charge is 0.497 e. The number of pyridine rings is 1. The van der Waals surface area contributed by atoms with Gasteiger partial charge in [0.2, 0.25) is 0 Å². The lowest BCUT2D eigenvalue weighted by molar-refractivity contribution is 0.0950. The molecular weight excluding hydrogens is 376 g/mol. The lowest BCUT2D eigenvalue weighted by Gasteiger charge is -2.12. The first kappa shape index (κ1) is 19.5. The first-order chi connectivity index (χ1) is 14.7. The highest BCUT2D eigenvalue weighted by Crippen LogP contribution is 2.25. The van der Waals surface area contributed by atoms with Gasteiger partial charge in [-0.25, -0.2) is 0 Å². The van der Waals surface area contributed by atoms with Gasteiger partial charge in [0.05, 0.1) is 19.7 Å². The van der Waals surface area contributed by atoms with Crippen molar-refractivity contribution in [2.24, 2.45) is 0 Å². The first-order valence-electron chi connectivity index (χ1n) is 9.62. The van der Waals surface area contributed by atoms with Gasteiger partial charge in [0.15, 0.2) is 0 Å². The Labute approximate surface area is 175 Å². The van der Waals surface area contributed by atoms with Crippen molar-refractivity contribution in [2.75, 3.05) is 14.2 Å². The van der Waals surface area contributed by atoms with Crippen LogP contribution < -0.4 is 14.8 Å². The fourth-order valence-corrected chi connectivity index (χ4v) is 3.34. The van der Waals surface area contributed by atoms with Crippen molar-refractivity contribution in [2.45, 2.75) is 6.54 Å². The fraction of sp³-hybridized carbons (Fsp3) is 0.120. The Morgan fingerprint density at radius 1 is 0.900 bits per heavy atom. The molecule has 150 valence electrons. The average molecular weight is 398 g/mol. The molecule has 0 spiro atoms. The number of hydrogen-bond donors (Lipinski definition) is 1. The highest BCUT2D eigenvalue weighted by molar-refractivity contribution is 5.95. The van der Waals surface area contributed by atoms with Gasteiger partial charge in [-0.15, -0.1) is 0 Å². The molecule has 5 heteroatoms. The minimum atomic E-state index is -0.150. The molecule has 0 fully saturated rings. The standard InChI is InChI=1S/C25H22N2O3/c1-29-22-11-10-20(24(14-22)30-2)15-27-25(28)19-8-5-7-17(12-19)21-13-18-6-3-4-9-23(18)26-16-21/h3-14,16H,15H2,1-2H3,(H,27,28). The maximum Gasteiger partial charge on any atom is 0.251 e. The number of amides is 1. The van der Waals surface area contributed by atoms with E-state index in [4.69, 9.17) is 9.47 Å². The van der Waals surface area contributed by atoms with Crippen molar-refractivity contribution in [1.82, 2.24) is 10.3 Å². The zero-order chi connectivity index (χ0) is 20.9. The van der Waals surface area contributed by atoms with E-state index >= 15 is 0 Å². The smallest absolute Gasteiger partial charge is 0.251 e. The van der Waals surface area contributed by atoms with E-state index in [0.717, 1.165) is 27.6 Å². The molecular formula is C25H22N2O3. The number of carbonyl (C=O) groups is 1. The molecule has 0 saturated heterocycles. The predicted molar refractivity (Wildman–Crippen MR) is 118 cm³/mol. The molecule has 4 aromatic rings. The van der Waals surface area contributed by atoms with Gasteiger partial charge in [0.1, 0.15) is 11.5 Å². The Morgan fingerprint density at radius 3 is 2.60 bits per heavy atom. The van der Waals surface area contributed by atoms with E-state index in [0.29, 0.717) is 23.6 Å². The molecule has 1 N–H and O–H groups in total. The first-order valence-corrected chi connectivity index (χ1v) is 9.62. The molecule has 0 aliphatic heterocycles. The third-order valence-corrected chi connectivity index (χ3v) is 4.98. The maximum absolute atomic E-state index is 12.7. The van der Waals surface area contributed by atoms with Gasteiger partial charge in [0, 0.05) is 40.9 Å². The van der Waals surface area contributed by atoms with E-state index in [-0.39, 0.29) is 5.91 Å². The number of benzene rings is 3. The summed E-state index contributed by atoms with van der Waals surface area (Å²) in [6, 6.07) is 23.1. The summed E-state index contributed by atoms with van der Waals surface area (Å²) in [7, 11) is 3.20. The van der Waals surface area contributed by atoms with E-state index in [1.807, 2.05) is 60.8 Å². The van der Waals surface area contributed by atoms with Crippen LogP contribution in [0.15, 0.2) is 79.0 Å². The minimum Gasteiger partial charge on any atom is -0.497 e. The normalized spacial score (nSPS) is 10.6. The Hall–Kier alpha value is -3.86. The van der Waals surface area contributed by atoms with Crippen LogP contribution in [0, 0.1) is 0 Å². The van der Waals surface area contributed by atoms with Crippen LogP contribution in [0.25, 0.3) is 22.0 Å². The number of carbonyl (C=O) groups excluding carboxylic acids is 1. The van der Waals surface area contributed by atoms with Gasteiger partial charge >= 0.3 is 0 Å². The molecule has 0 radical (unpaired) electrons. The summed E-state index contributed by atoms with van der Waals surface area (Å²) in [6.45, 7) is 0.355.